The van der Waals surface area contributed by atoms with E-state index in [2.05, 4.69) is 6.92 Å². The molecule has 1 rings (SSSR count). The topological polar surface area (TPSA) is 43.4 Å². The van der Waals surface area contributed by atoms with Gasteiger partial charge in [0.1, 0.15) is 0 Å². The fraction of sp³-hybridized carbons (Fsp3) is 0.667. The molecule has 5 heteroatoms. The van der Waals surface area contributed by atoms with Crippen molar-refractivity contribution in [1.29, 1.82) is 0 Å². The Morgan fingerprint density at radius 2 is 1.26 bits per heavy atom. The quantitative estimate of drug-likeness (QED) is 0.288. The largest absolute Gasteiger partial charge is 0.296 e. The second-order valence-corrected chi connectivity index (χ2v) is 7.39. The van der Waals surface area contributed by atoms with Crippen LogP contribution in [0.3, 0.4) is 0 Å². The SMILES string of the molecule is CCCCCCCCCCCCOS(=O)(=O)c1ccccc1.[Na]. The molecule has 0 N–H and O–H groups in total. The number of benzene rings is 1. The fourth-order valence-electron chi connectivity index (χ4n) is 2.41. The summed E-state index contributed by atoms with van der Waals surface area (Å²) in [5.41, 5.74) is 0. The number of hydrogen-bond donors (Lipinski definition) is 0. The molecule has 0 heterocycles. The van der Waals surface area contributed by atoms with Crippen molar-refractivity contribution >= 4 is 39.7 Å². The van der Waals surface area contributed by atoms with Crippen molar-refractivity contribution in [2.24, 2.45) is 0 Å². The summed E-state index contributed by atoms with van der Waals surface area (Å²) >= 11 is 0. The molecule has 0 aliphatic heterocycles. The van der Waals surface area contributed by atoms with Gasteiger partial charge in [0.05, 0.1) is 11.5 Å². The first-order valence-corrected chi connectivity index (χ1v) is 10.0. The maximum Gasteiger partial charge on any atom is 0.296 e. The van der Waals surface area contributed by atoms with Gasteiger partial charge in [-0.1, -0.05) is 82.9 Å². The van der Waals surface area contributed by atoms with Crippen LogP contribution in [0.15, 0.2) is 35.2 Å². The molecular formula is C18H30NaO3S. The molecule has 127 valence electrons. The number of unbranched alkanes of at least 4 members (excludes halogenated alkanes) is 9. The van der Waals surface area contributed by atoms with Gasteiger partial charge in [0.15, 0.2) is 0 Å². The van der Waals surface area contributed by atoms with Crippen molar-refractivity contribution in [2.75, 3.05) is 6.61 Å². The zero-order valence-electron chi connectivity index (χ0n) is 14.8. The third kappa shape index (κ3) is 11.3. The molecule has 23 heavy (non-hydrogen) atoms. The molecule has 0 amide bonds. The van der Waals surface area contributed by atoms with E-state index < -0.39 is 10.1 Å². The normalized spacial score (nSPS) is 11.2. The Hall–Kier alpha value is 0.130. The summed E-state index contributed by atoms with van der Waals surface area (Å²) in [7, 11) is -3.57. The zero-order chi connectivity index (χ0) is 16.1. The molecule has 0 saturated carbocycles. The Morgan fingerprint density at radius 3 is 1.78 bits per heavy atom. The van der Waals surface area contributed by atoms with Crippen molar-refractivity contribution in [3.05, 3.63) is 30.3 Å². The number of rotatable bonds is 13. The molecule has 1 aromatic rings. The Balaban J connectivity index is 0.00000484. The van der Waals surface area contributed by atoms with Crippen LogP contribution in [0.1, 0.15) is 71.1 Å². The molecule has 0 bridgehead atoms. The van der Waals surface area contributed by atoms with Gasteiger partial charge in [-0.2, -0.15) is 8.42 Å². The minimum atomic E-state index is -3.57. The predicted octanol–water partition coefficient (Wildman–Crippen LogP) is 4.93. The van der Waals surface area contributed by atoms with E-state index in [0.29, 0.717) is 0 Å². The standard InChI is InChI=1S/C18H30O3S.Na/c1-2-3-4-5-6-7-8-9-10-14-17-21-22(19,20)18-15-12-11-13-16-18;/h11-13,15-16H,2-10,14,17H2,1H3;. The molecule has 1 aromatic carbocycles. The maximum atomic E-state index is 11.9. The summed E-state index contributed by atoms with van der Waals surface area (Å²) in [6.07, 6.45) is 12.3. The Kier molecular flexibility index (Phi) is 14.6. The van der Waals surface area contributed by atoms with E-state index in [1.807, 2.05) is 0 Å². The van der Waals surface area contributed by atoms with E-state index in [4.69, 9.17) is 4.18 Å². The van der Waals surface area contributed by atoms with E-state index in [9.17, 15) is 8.42 Å². The Morgan fingerprint density at radius 1 is 0.783 bits per heavy atom. The van der Waals surface area contributed by atoms with Crippen LogP contribution in [-0.4, -0.2) is 44.6 Å². The van der Waals surface area contributed by atoms with Crippen LogP contribution in [-0.2, 0) is 14.3 Å². The van der Waals surface area contributed by atoms with Crippen molar-refractivity contribution in [2.45, 2.75) is 76.0 Å². The molecule has 0 aliphatic rings. The summed E-state index contributed by atoms with van der Waals surface area (Å²) in [4.78, 5) is 0.238. The van der Waals surface area contributed by atoms with Crippen LogP contribution in [0, 0.1) is 0 Å². The van der Waals surface area contributed by atoms with Gasteiger partial charge in [-0.05, 0) is 18.6 Å². The average molecular weight is 349 g/mol. The van der Waals surface area contributed by atoms with Gasteiger partial charge < -0.3 is 0 Å². The average Bonchev–Trinajstić information content (AvgIpc) is 2.53. The molecule has 0 saturated heterocycles. The predicted molar refractivity (Wildman–Crippen MR) is 97.2 cm³/mol. The van der Waals surface area contributed by atoms with Crippen LogP contribution in [0.4, 0.5) is 0 Å². The fourth-order valence-corrected chi connectivity index (χ4v) is 3.38. The number of hydrogen-bond acceptors (Lipinski definition) is 3. The van der Waals surface area contributed by atoms with E-state index in [0.717, 1.165) is 12.8 Å². The van der Waals surface area contributed by atoms with E-state index in [-0.39, 0.29) is 41.1 Å². The van der Waals surface area contributed by atoms with Gasteiger partial charge in [0.2, 0.25) is 0 Å². The van der Waals surface area contributed by atoms with Gasteiger partial charge in [0.25, 0.3) is 10.1 Å². The van der Waals surface area contributed by atoms with Gasteiger partial charge in [-0.25, -0.2) is 0 Å². The van der Waals surface area contributed by atoms with Crippen molar-refractivity contribution in [1.82, 2.24) is 0 Å². The Labute approximate surface area is 164 Å². The molecule has 0 unspecified atom stereocenters. The van der Waals surface area contributed by atoms with Crippen LogP contribution in [0.25, 0.3) is 0 Å². The van der Waals surface area contributed by atoms with Crippen LogP contribution in [0.2, 0.25) is 0 Å². The first-order chi connectivity index (χ1) is 10.7. The van der Waals surface area contributed by atoms with Crippen molar-refractivity contribution < 1.29 is 12.6 Å². The summed E-state index contributed by atoms with van der Waals surface area (Å²) in [6, 6.07) is 8.33. The van der Waals surface area contributed by atoms with Gasteiger partial charge in [-0.15, -0.1) is 0 Å². The minimum Gasteiger partial charge on any atom is -0.266 e. The summed E-state index contributed by atoms with van der Waals surface area (Å²) in [5, 5.41) is 0. The molecule has 3 nitrogen and oxygen atoms in total. The third-order valence-corrected chi connectivity index (χ3v) is 5.09. The molecule has 0 spiro atoms. The summed E-state index contributed by atoms with van der Waals surface area (Å²) < 4.78 is 28.8. The molecule has 0 aromatic heterocycles. The molecular weight excluding hydrogens is 319 g/mol. The second-order valence-electron chi connectivity index (χ2n) is 5.77. The molecule has 0 fully saturated rings. The minimum absolute atomic E-state index is 0. The zero-order valence-corrected chi connectivity index (χ0v) is 17.6. The van der Waals surface area contributed by atoms with Crippen molar-refractivity contribution in [3.8, 4) is 0 Å². The van der Waals surface area contributed by atoms with E-state index in [1.165, 1.54) is 51.4 Å². The molecule has 1 radical (unpaired) electrons. The van der Waals surface area contributed by atoms with Gasteiger partial charge >= 0.3 is 0 Å². The molecule has 0 aliphatic carbocycles. The first-order valence-electron chi connectivity index (χ1n) is 8.61. The van der Waals surface area contributed by atoms with Crippen LogP contribution in [0.5, 0.6) is 0 Å². The van der Waals surface area contributed by atoms with Crippen molar-refractivity contribution in [3.63, 3.8) is 0 Å². The van der Waals surface area contributed by atoms with Gasteiger partial charge in [0, 0.05) is 29.6 Å². The summed E-state index contributed by atoms with van der Waals surface area (Å²) in [5.74, 6) is 0. The van der Waals surface area contributed by atoms with Crippen LogP contribution < -0.4 is 0 Å². The summed E-state index contributed by atoms with van der Waals surface area (Å²) in [6.45, 7) is 2.52. The monoisotopic (exact) mass is 349 g/mol. The van der Waals surface area contributed by atoms with Gasteiger partial charge in [-0.3, -0.25) is 4.18 Å². The van der Waals surface area contributed by atoms with E-state index >= 15 is 0 Å². The Bertz CT molecular complexity index is 474. The second kappa shape index (κ2) is 14.5. The molecule has 0 atom stereocenters. The maximum absolute atomic E-state index is 11.9. The first kappa shape index (κ1) is 23.1. The third-order valence-electron chi connectivity index (χ3n) is 3.77. The van der Waals surface area contributed by atoms with Crippen LogP contribution >= 0.6 is 0 Å². The van der Waals surface area contributed by atoms with E-state index in [1.54, 1.807) is 30.3 Å². The smallest absolute Gasteiger partial charge is 0.266 e.